The number of phenolic OH excluding ortho intramolecular Hbond substituents is 1. The Morgan fingerprint density at radius 3 is 2.67 bits per heavy atom. The Morgan fingerprint density at radius 2 is 1.95 bits per heavy atom. The van der Waals surface area contributed by atoms with Crippen LogP contribution in [0, 0.1) is 0 Å². The van der Waals surface area contributed by atoms with Crippen LogP contribution < -0.4 is 10.2 Å². The lowest BCUT2D eigenvalue weighted by molar-refractivity contribution is -0.109. The second kappa shape index (κ2) is 5.50. The number of carbonyl (C=O) groups excluding carboxylic acids is 1. The van der Waals surface area contributed by atoms with Crippen LogP contribution in [-0.2, 0) is 4.79 Å². The van der Waals surface area contributed by atoms with E-state index in [1.54, 1.807) is 23.2 Å². The van der Waals surface area contributed by atoms with E-state index in [2.05, 4.69) is 5.32 Å². The van der Waals surface area contributed by atoms with Crippen LogP contribution in [0.15, 0.2) is 54.7 Å². The van der Waals surface area contributed by atoms with E-state index >= 15 is 0 Å². The van der Waals surface area contributed by atoms with Gasteiger partial charge in [0.25, 0.3) is 0 Å². The van der Waals surface area contributed by atoms with Gasteiger partial charge in [-0.3, -0.25) is 4.79 Å². The molecule has 5 heteroatoms. The summed E-state index contributed by atoms with van der Waals surface area (Å²) in [5.74, 6) is 0.0665. The topological polar surface area (TPSA) is 52.6 Å². The van der Waals surface area contributed by atoms with Gasteiger partial charge in [0, 0.05) is 11.2 Å². The van der Waals surface area contributed by atoms with Crippen LogP contribution in [0.1, 0.15) is 5.56 Å². The maximum Gasteiger partial charge on any atom is 0.163 e. The molecule has 4 nitrogen and oxygen atoms in total. The number of hydrogen-bond acceptors (Lipinski definition) is 4. The van der Waals surface area contributed by atoms with Crippen molar-refractivity contribution in [2.24, 2.45) is 0 Å². The molecule has 0 saturated carbocycles. The fourth-order valence-corrected chi connectivity index (χ4v) is 2.53. The Balaban J connectivity index is 2.09. The zero-order valence-corrected chi connectivity index (χ0v) is 11.8. The van der Waals surface area contributed by atoms with Gasteiger partial charge in [0.05, 0.1) is 11.4 Å². The Bertz CT molecular complexity index is 701. The van der Waals surface area contributed by atoms with Crippen molar-refractivity contribution >= 4 is 29.3 Å². The largest absolute Gasteiger partial charge is 0.506 e. The number of benzene rings is 2. The summed E-state index contributed by atoms with van der Waals surface area (Å²) in [6, 6.07) is 14.4. The lowest BCUT2D eigenvalue weighted by atomic mass is 10.1. The highest BCUT2D eigenvalue weighted by atomic mass is 35.5. The summed E-state index contributed by atoms with van der Waals surface area (Å²) in [6.07, 6.45) is 1.96. The molecule has 2 aromatic rings. The molecule has 1 aliphatic rings. The van der Waals surface area contributed by atoms with Crippen molar-refractivity contribution in [3.05, 3.63) is 65.3 Å². The summed E-state index contributed by atoms with van der Waals surface area (Å²) in [6.45, 7) is 0. The normalized spacial score (nSPS) is 17.3. The minimum atomic E-state index is -0.579. The number of aromatic hydroxyl groups is 1. The fourth-order valence-electron chi connectivity index (χ4n) is 2.36. The van der Waals surface area contributed by atoms with Crippen LogP contribution in [0.2, 0.25) is 5.02 Å². The van der Waals surface area contributed by atoms with Gasteiger partial charge in [0.15, 0.2) is 12.5 Å². The van der Waals surface area contributed by atoms with Crippen LogP contribution >= 0.6 is 11.6 Å². The first kappa shape index (κ1) is 13.5. The Kier molecular flexibility index (Phi) is 3.54. The van der Waals surface area contributed by atoms with E-state index < -0.39 is 6.17 Å². The number of halogens is 1. The van der Waals surface area contributed by atoms with Gasteiger partial charge in [-0.15, -0.1) is 0 Å². The predicted molar refractivity (Wildman–Crippen MR) is 83.0 cm³/mol. The highest BCUT2D eigenvalue weighted by Crippen LogP contribution is 2.37. The minimum absolute atomic E-state index is 0.0665. The van der Waals surface area contributed by atoms with Gasteiger partial charge in [0.1, 0.15) is 5.75 Å². The van der Waals surface area contributed by atoms with Gasteiger partial charge in [-0.2, -0.15) is 0 Å². The summed E-state index contributed by atoms with van der Waals surface area (Å²) < 4.78 is 0. The van der Waals surface area contributed by atoms with Crippen molar-refractivity contribution in [3.8, 4) is 5.75 Å². The highest BCUT2D eigenvalue weighted by molar-refractivity contribution is 6.31. The molecule has 2 aromatic carbocycles. The van der Waals surface area contributed by atoms with Crippen molar-refractivity contribution in [2.45, 2.75) is 6.17 Å². The molecule has 0 spiro atoms. The zero-order chi connectivity index (χ0) is 14.8. The van der Waals surface area contributed by atoms with Crippen molar-refractivity contribution in [1.82, 2.24) is 5.32 Å². The fraction of sp³-hybridized carbons (Fsp3) is 0.0625. The molecule has 1 unspecified atom stereocenters. The minimum Gasteiger partial charge on any atom is -0.506 e. The molecule has 0 radical (unpaired) electrons. The van der Waals surface area contributed by atoms with Crippen molar-refractivity contribution in [3.63, 3.8) is 0 Å². The van der Waals surface area contributed by atoms with E-state index in [0.717, 1.165) is 17.5 Å². The molecule has 0 aliphatic carbocycles. The molecule has 106 valence electrons. The Morgan fingerprint density at radius 1 is 1.19 bits per heavy atom. The molecule has 21 heavy (non-hydrogen) atoms. The number of hydrogen-bond donors (Lipinski definition) is 2. The van der Waals surface area contributed by atoms with Crippen LogP contribution in [0.25, 0.3) is 5.70 Å². The number of phenols is 1. The molecular formula is C16H13ClN2O2. The number of anilines is 1. The number of rotatable bonds is 3. The van der Waals surface area contributed by atoms with Gasteiger partial charge < -0.3 is 15.3 Å². The van der Waals surface area contributed by atoms with Crippen molar-refractivity contribution in [1.29, 1.82) is 0 Å². The Hall–Kier alpha value is -2.46. The molecule has 0 bridgehead atoms. The summed E-state index contributed by atoms with van der Waals surface area (Å²) in [5.41, 5.74) is 2.22. The molecule has 2 N–H and O–H groups in total. The number of nitrogens with one attached hydrogen (secondary N) is 1. The van der Waals surface area contributed by atoms with E-state index in [1.165, 1.54) is 6.07 Å². The van der Waals surface area contributed by atoms with Gasteiger partial charge in [0.2, 0.25) is 0 Å². The van der Waals surface area contributed by atoms with Crippen LogP contribution in [0.3, 0.4) is 0 Å². The van der Waals surface area contributed by atoms with Crippen molar-refractivity contribution in [2.75, 3.05) is 4.90 Å². The first-order valence-electron chi connectivity index (χ1n) is 6.45. The number of nitrogens with zero attached hydrogens (tertiary/aromatic N) is 1. The smallest absolute Gasteiger partial charge is 0.163 e. The number of carbonyl (C=O) groups is 1. The molecule has 1 atom stereocenters. The average Bonchev–Trinajstić information content (AvgIpc) is 2.94. The third-order valence-corrected chi connectivity index (χ3v) is 3.56. The maximum absolute atomic E-state index is 11.3. The molecule has 0 amide bonds. The summed E-state index contributed by atoms with van der Waals surface area (Å²) >= 11 is 6.01. The quantitative estimate of drug-likeness (QED) is 0.856. The highest BCUT2D eigenvalue weighted by Gasteiger charge is 2.29. The van der Waals surface area contributed by atoms with Gasteiger partial charge in [-0.1, -0.05) is 41.9 Å². The predicted octanol–water partition coefficient (Wildman–Crippen LogP) is 2.98. The lowest BCUT2D eigenvalue weighted by Gasteiger charge is -2.27. The Labute approximate surface area is 127 Å². The third-order valence-electron chi connectivity index (χ3n) is 3.32. The van der Waals surface area contributed by atoms with E-state index in [4.69, 9.17) is 11.6 Å². The second-order valence-electron chi connectivity index (χ2n) is 4.65. The lowest BCUT2D eigenvalue weighted by Crippen LogP contribution is -2.38. The van der Waals surface area contributed by atoms with E-state index in [-0.39, 0.29) is 5.75 Å². The first-order valence-corrected chi connectivity index (χ1v) is 6.83. The SMILES string of the molecule is O=CC1NC=C(c2ccccc2)N1c1cc(Cl)ccc1O. The second-order valence-corrected chi connectivity index (χ2v) is 5.08. The monoisotopic (exact) mass is 300 g/mol. The zero-order valence-electron chi connectivity index (χ0n) is 11.0. The van der Waals surface area contributed by atoms with Gasteiger partial charge in [-0.25, -0.2) is 0 Å². The summed E-state index contributed by atoms with van der Waals surface area (Å²) in [4.78, 5) is 13.0. The van der Waals surface area contributed by atoms with Crippen LogP contribution in [-0.4, -0.2) is 17.6 Å². The average molecular weight is 301 g/mol. The maximum atomic E-state index is 11.3. The number of aldehydes is 1. The van der Waals surface area contributed by atoms with E-state index in [1.807, 2.05) is 30.3 Å². The van der Waals surface area contributed by atoms with E-state index in [9.17, 15) is 9.90 Å². The third kappa shape index (κ3) is 2.45. The first-order chi connectivity index (χ1) is 10.2. The summed E-state index contributed by atoms with van der Waals surface area (Å²) in [7, 11) is 0. The van der Waals surface area contributed by atoms with Crippen LogP contribution in [0.5, 0.6) is 5.75 Å². The molecule has 0 saturated heterocycles. The molecule has 0 fully saturated rings. The standard InChI is InChI=1S/C16H13ClN2O2/c17-12-6-7-15(21)13(8-12)19-14(9-18-16(19)10-20)11-4-2-1-3-5-11/h1-10,16,18,21H. The molecular weight excluding hydrogens is 288 g/mol. The summed E-state index contributed by atoms with van der Waals surface area (Å²) in [5, 5.41) is 13.6. The molecule has 3 rings (SSSR count). The molecule has 0 aromatic heterocycles. The van der Waals surface area contributed by atoms with Gasteiger partial charge >= 0.3 is 0 Å². The molecule has 1 heterocycles. The van der Waals surface area contributed by atoms with E-state index in [0.29, 0.717) is 10.7 Å². The van der Waals surface area contributed by atoms with Crippen LogP contribution in [0.4, 0.5) is 5.69 Å². The van der Waals surface area contributed by atoms with Gasteiger partial charge in [-0.05, 0) is 23.8 Å². The van der Waals surface area contributed by atoms with Crippen molar-refractivity contribution < 1.29 is 9.90 Å². The molecule has 1 aliphatic heterocycles.